The van der Waals surface area contributed by atoms with E-state index in [0.717, 1.165) is 26.1 Å². The SMILES string of the molecule is CC1CC1C(=O)N(CC1CCCNC1)C1CC1. The topological polar surface area (TPSA) is 32.3 Å². The van der Waals surface area contributed by atoms with E-state index in [4.69, 9.17) is 0 Å². The van der Waals surface area contributed by atoms with Crippen LogP contribution in [0, 0.1) is 17.8 Å². The Morgan fingerprint density at radius 2 is 2.12 bits per heavy atom. The first kappa shape index (κ1) is 11.5. The van der Waals surface area contributed by atoms with Crippen LogP contribution in [-0.2, 0) is 4.79 Å². The molecule has 3 atom stereocenters. The zero-order chi connectivity index (χ0) is 11.8. The van der Waals surface area contributed by atoms with Gasteiger partial charge in [0.05, 0.1) is 0 Å². The van der Waals surface area contributed by atoms with Crippen LogP contribution in [0.1, 0.15) is 39.0 Å². The summed E-state index contributed by atoms with van der Waals surface area (Å²) in [6.45, 7) is 5.49. The van der Waals surface area contributed by atoms with Crippen LogP contribution in [0.5, 0.6) is 0 Å². The van der Waals surface area contributed by atoms with Crippen LogP contribution >= 0.6 is 0 Å². The number of amides is 1. The number of carbonyl (C=O) groups is 1. The number of nitrogens with zero attached hydrogens (tertiary/aromatic N) is 1. The van der Waals surface area contributed by atoms with E-state index in [1.807, 2.05) is 0 Å². The van der Waals surface area contributed by atoms with Gasteiger partial charge in [0.25, 0.3) is 0 Å². The summed E-state index contributed by atoms with van der Waals surface area (Å²) in [6, 6.07) is 0.595. The fraction of sp³-hybridized carbons (Fsp3) is 0.929. The van der Waals surface area contributed by atoms with E-state index in [1.54, 1.807) is 0 Å². The maximum Gasteiger partial charge on any atom is 0.226 e. The molecule has 1 heterocycles. The first-order valence-electron chi connectivity index (χ1n) is 7.27. The van der Waals surface area contributed by atoms with Crippen LogP contribution < -0.4 is 5.32 Å². The summed E-state index contributed by atoms with van der Waals surface area (Å²) < 4.78 is 0. The molecular formula is C14H24N2O. The van der Waals surface area contributed by atoms with Crippen molar-refractivity contribution in [3.05, 3.63) is 0 Å². The van der Waals surface area contributed by atoms with Gasteiger partial charge in [0.2, 0.25) is 5.91 Å². The van der Waals surface area contributed by atoms with E-state index in [1.165, 1.54) is 25.7 Å². The molecule has 2 aliphatic carbocycles. The Balaban J connectivity index is 1.57. The van der Waals surface area contributed by atoms with Crippen LogP contribution in [0.2, 0.25) is 0 Å². The van der Waals surface area contributed by atoms with Crippen molar-refractivity contribution in [3.8, 4) is 0 Å². The van der Waals surface area contributed by atoms with Crippen molar-refractivity contribution in [2.24, 2.45) is 17.8 Å². The van der Waals surface area contributed by atoms with Gasteiger partial charge in [0, 0.05) is 18.5 Å². The summed E-state index contributed by atoms with van der Waals surface area (Å²) in [5.41, 5.74) is 0. The zero-order valence-corrected chi connectivity index (χ0v) is 10.8. The molecule has 1 saturated heterocycles. The van der Waals surface area contributed by atoms with Crippen LogP contribution in [0.25, 0.3) is 0 Å². The summed E-state index contributed by atoms with van der Waals surface area (Å²) in [7, 11) is 0. The van der Waals surface area contributed by atoms with Gasteiger partial charge in [-0.25, -0.2) is 0 Å². The molecule has 2 saturated carbocycles. The maximum atomic E-state index is 12.4. The van der Waals surface area contributed by atoms with Crippen molar-refractivity contribution in [2.45, 2.75) is 45.1 Å². The van der Waals surface area contributed by atoms with Crippen molar-refractivity contribution < 1.29 is 4.79 Å². The summed E-state index contributed by atoms with van der Waals surface area (Å²) in [5.74, 6) is 2.17. The van der Waals surface area contributed by atoms with Gasteiger partial charge < -0.3 is 10.2 Å². The minimum atomic E-state index is 0.368. The third-order valence-corrected chi connectivity index (χ3v) is 4.55. The average Bonchev–Trinajstić information content (AvgIpc) is 3.22. The van der Waals surface area contributed by atoms with Crippen LogP contribution in [0.3, 0.4) is 0 Å². The highest BCUT2D eigenvalue weighted by atomic mass is 16.2. The zero-order valence-electron chi connectivity index (χ0n) is 10.8. The average molecular weight is 236 g/mol. The Morgan fingerprint density at radius 3 is 2.65 bits per heavy atom. The Bertz CT molecular complexity index is 295. The van der Waals surface area contributed by atoms with E-state index >= 15 is 0 Å². The number of carbonyl (C=O) groups excluding carboxylic acids is 1. The Morgan fingerprint density at radius 1 is 1.35 bits per heavy atom. The molecule has 3 aliphatic rings. The van der Waals surface area contributed by atoms with Crippen LogP contribution in [0.4, 0.5) is 0 Å². The molecule has 3 heteroatoms. The Hall–Kier alpha value is -0.570. The quantitative estimate of drug-likeness (QED) is 0.804. The highest BCUT2D eigenvalue weighted by molar-refractivity contribution is 5.82. The van der Waals surface area contributed by atoms with E-state index in [9.17, 15) is 4.79 Å². The second-order valence-electron chi connectivity index (χ2n) is 6.25. The lowest BCUT2D eigenvalue weighted by atomic mass is 9.98. The van der Waals surface area contributed by atoms with E-state index in [2.05, 4.69) is 17.1 Å². The molecular weight excluding hydrogens is 212 g/mol. The first-order valence-corrected chi connectivity index (χ1v) is 7.27. The summed E-state index contributed by atoms with van der Waals surface area (Å²) in [5, 5.41) is 3.45. The van der Waals surface area contributed by atoms with Gasteiger partial charge in [0.15, 0.2) is 0 Å². The highest BCUT2D eigenvalue weighted by Crippen LogP contribution is 2.41. The summed E-state index contributed by atoms with van der Waals surface area (Å²) in [4.78, 5) is 14.6. The molecule has 0 aromatic heterocycles. The Kier molecular flexibility index (Phi) is 3.12. The molecule has 0 radical (unpaired) electrons. The van der Waals surface area contributed by atoms with Crippen molar-refractivity contribution in [3.63, 3.8) is 0 Å². The fourth-order valence-corrected chi connectivity index (χ4v) is 3.04. The highest BCUT2D eigenvalue weighted by Gasteiger charge is 2.45. The minimum Gasteiger partial charge on any atom is -0.339 e. The minimum absolute atomic E-state index is 0.368. The number of rotatable bonds is 4. The molecule has 0 aromatic rings. The third-order valence-electron chi connectivity index (χ3n) is 4.55. The van der Waals surface area contributed by atoms with Gasteiger partial charge in [0.1, 0.15) is 0 Å². The molecule has 0 aromatic carbocycles. The van der Waals surface area contributed by atoms with E-state index < -0.39 is 0 Å². The van der Waals surface area contributed by atoms with Gasteiger partial charge >= 0.3 is 0 Å². The van der Waals surface area contributed by atoms with E-state index in [-0.39, 0.29) is 0 Å². The molecule has 1 aliphatic heterocycles. The largest absolute Gasteiger partial charge is 0.339 e. The predicted molar refractivity (Wildman–Crippen MR) is 67.6 cm³/mol. The van der Waals surface area contributed by atoms with Crippen molar-refractivity contribution in [1.82, 2.24) is 10.2 Å². The monoisotopic (exact) mass is 236 g/mol. The maximum absolute atomic E-state index is 12.4. The molecule has 1 N–H and O–H groups in total. The lowest BCUT2D eigenvalue weighted by Gasteiger charge is -2.30. The number of hydrogen-bond donors (Lipinski definition) is 1. The van der Waals surface area contributed by atoms with Gasteiger partial charge in [-0.1, -0.05) is 6.92 Å². The molecule has 3 unspecified atom stereocenters. The van der Waals surface area contributed by atoms with Crippen molar-refractivity contribution in [2.75, 3.05) is 19.6 Å². The smallest absolute Gasteiger partial charge is 0.226 e. The second-order valence-corrected chi connectivity index (χ2v) is 6.25. The number of piperidine rings is 1. The number of hydrogen-bond acceptors (Lipinski definition) is 2. The summed E-state index contributed by atoms with van der Waals surface area (Å²) >= 11 is 0. The second kappa shape index (κ2) is 4.60. The molecule has 3 rings (SSSR count). The predicted octanol–water partition coefficient (Wildman–Crippen LogP) is 1.63. The lowest BCUT2D eigenvalue weighted by Crippen LogP contribution is -2.42. The van der Waals surface area contributed by atoms with Crippen molar-refractivity contribution in [1.29, 1.82) is 0 Å². The first-order chi connectivity index (χ1) is 8.25. The lowest BCUT2D eigenvalue weighted by molar-refractivity contribution is -0.134. The fourth-order valence-electron chi connectivity index (χ4n) is 3.04. The van der Waals surface area contributed by atoms with E-state index in [0.29, 0.717) is 29.7 Å². The molecule has 3 nitrogen and oxygen atoms in total. The molecule has 3 fully saturated rings. The molecule has 0 bridgehead atoms. The summed E-state index contributed by atoms with van der Waals surface area (Å²) in [6.07, 6.45) is 6.19. The molecule has 1 amide bonds. The van der Waals surface area contributed by atoms with Crippen molar-refractivity contribution >= 4 is 5.91 Å². The number of nitrogens with one attached hydrogen (secondary N) is 1. The molecule has 17 heavy (non-hydrogen) atoms. The van der Waals surface area contributed by atoms with Crippen LogP contribution in [0.15, 0.2) is 0 Å². The normalized spacial score (nSPS) is 36.6. The van der Waals surface area contributed by atoms with Gasteiger partial charge in [-0.3, -0.25) is 4.79 Å². The van der Waals surface area contributed by atoms with Crippen LogP contribution in [-0.4, -0.2) is 36.5 Å². The van der Waals surface area contributed by atoms with Gasteiger partial charge in [-0.15, -0.1) is 0 Å². The standard InChI is InChI=1S/C14H24N2O/c1-10-7-13(10)14(17)16(12-4-5-12)9-11-3-2-6-15-8-11/h10-13,15H,2-9H2,1H3. The van der Waals surface area contributed by atoms with Gasteiger partial charge in [-0.05, 0) is 57.0 Å². The third kappa shape index (κ3) is 2.65. The molecule has 96 valence electrons. The molecule has 0 spiro atoms. The Labute approximate surface area is 104 Å². The van der Waals surface area contributed by atoms with Gasteiger partial charge in [-0.2, -0.15) is 0 Å².